The van der Waals surface area contributed by atoms with Crippen LogP contribution in [0.4, 0.5) is 5.69 Å². The molecule has 2 rings (SSSR count). The van der Waals surface area contributed by atoms with Crippen LogP contribution in [-0.2, 0) is 0 Å². The third-order valence-corrected chi connectivity index (χ3v) is 3.19. The van der Waals surface area contributed by atoms with Gasteiger partial charge in [-0.15, -0.1) is 0 Å². The molecule has 1 heterocycles. The molecule has 0 saturated carbocycles. The minimum Gasteiger partial charge on any atom is -0.394 e. The summed E-state index contributed by atoms with van der Waals surface area (Å²) in [4.78, 5) is 4.51. The molecule has 1 atom stereocenters. The van der Waals surface area contributed by atoms with Crippen LogP contribution in [0.3, 0.4) is 0 Å². The molecule has 0 bridgehead atoms. The Morgan fingerprint density at radius 2 is 2.00 bits per heavy atom. The van der Waals surface area contributed by atoms with Crippen LogP contribution < -0.4 is 5.32 Å². The fourth-order valence-corrected chi connectivity index (χ4v) is 2.05. The van der Waals surface area contributed by atoms with E-state index in [1.54, 1.807) is 0 Å². The highest BCUT2D eigenvalue weighted by Gasteiger charge is 2.13. The highest BCUT2D eigenvalue weighted by Crippen LogP contribution is 2.24. The highest BCUT2D eigenvalue weighted by atomic mass is 16.3. The highest BCUT2D eigenvalue weighted by molar-refractivity contribution is 5.91. The number of rotatable bonds is 4. The molecule has 1 aromatic carbocycles. The first-order chi connectivity index (χ1) is 8.61. The van der Waals surface area contributed by atoms with Crippen molar-refractivity contribution in [2.45, 2.75) is 26.8 Å². The first-order valence-electron chi connectivity index (χ1n) is 6.35. The zero-order chi connectivity index (χ0) is 13.1. The summed E-state index contributed by atoms with van der Waals surface area (Å²) in [5.41, 5.74) is 3.02. The molecule has 96 valence electrons. The van der Waals surface area contributed by atoms with Crippen molar-refractivity contribution in [2.75, 3.05) is 11.9 Å². The summed E-state index contributed by atoms with van der Waals surface area (Å²) in [5.74, 6) is 0.377. The Labute approximate surface area is 108 Å². The molecule has 0 spiro atoms. The maximum absolute atomic E-state index is 9.42. The standard InChI is InChI=1S/C15H20N2O/c1-10(2)15(9-18)17-14-8-11(3)16-13-7-5-4-6-12(13)14/h4-8,10,15,18H,9H2,1-3H3,(H,16,17). The van der Waals surface area contributed by atoms with Crippen molar-refractivity contribution in [1.82, 2.24) is 4.98 Å². The van der Waals surface area contributed by atoms with Gasteiger partial charge in [-0.3, -0.25) is 4.98 Å². The summed E-state index contributed by atoms with van der Waals surface area (Å²) < 4.78 is 0. The number of aromatic nitrogens is 1. The van der Waals surface area contributed by atoms with E-state index in [1.165, 1.54) is 0 Å². The van der Waals surface area contributed by atoms with Gasteiger partial charge in [0.15, 0.2) is 0 Å². The molecule has 2 N–H and O–H groups in total. The Morgan fingerprint density at radius 3 is 2.67 bits per heavy atom. The minimum atomic E-state index is 0.0650. The average molecular weight is 244 g/mol. The molecule has 2 aromatic rings. The van der Waals surface area contributed by atoms with Crippen molar-refractivity contribution in [3.05, 3.63) is 36.0 Å². The number of aliphatic hydroxyl groups is 1. The Kier molecular flexibility index (Phi) is 3.82. The molecular formula is C15H20N2O. The van der Waals surface area contributed by atoms with E-state index in [4.69, 9.17) is 0 Å². The van der Waals surface area contributed by atoms with Crippen LogP contribution >= 0.6 is 0 Å². The van der Waals surface area contributed by atoms with Crippen molar-refractivity contribution in [1.29, 1.82) is 0 Å². The molecule has 0 aliphatic carbocycles. The Bertz CT molecular complexity index is 537. The van der Waals surface area contributed by atoms with Gasteiger partial charge in [-0.2, -0.15) is 0 Å². The van der Waals surface area contributed by atoms with Gasteiger partial charge in [0.1, 0.15) is 0 Å². The molecular weight excluding hydrogens is 224 g/mol. The van der Waals surface area contributed by atoms with E-state index in [9.17, 15) is 5.11 Å². The van der Waals surface area contributed by atoms with Crippen LogP contribution in [0.5, 0.6) is 0 Å². The van der Waals surface area contributed by atoms with Gasteiger partial charge in [0.25, 0.3) is 0 Å². The average Bonchev–Trinajstić information content (AvgIpc) is 2.35. The summed E-state index contributed by atoms with van der Waals surface area (Å²) >= 11 is 0. The Hall–Kier alpha value is -1.61. The molecule has 18 heavy (non-hydrogen) atoms. The molecule has 1 aromatic heterocycles. The van der Waals surface area contributed by atoms with Gasteiger partial charge in [-0.1, -0.05) is 32.0 Å². The van der Waals surface area contributed by atoms with Crippen molar-refractivity contribution in [3.63, 3.8) is 0 Å². The summed E-state index contributed by atoms with van der Waals surface area (Å²) in [6, 6.07) is 10.2. The number of fused-ring (bicyclic) bond motifs is 1. The van der Waals surface area contributed by atoms with Crippen LogP contribution in [0.2, 0.25) is 0 Å². The first-order valence-corrected chi connectivity index (χ1v) is 6.35. The van der Waals surface area contributed by atoms with E-state index < -0.39 is 0 Å². The number of hydrogen-bond acceptors (Lipinski definition) is 3. The number of aryl methyl sites for hydroxylation is 1. The molecule has 0 radical (unpaired) electrons. The molecule has 0 saturated heterocycles. The number of para-hydroxylation sites is 1. The van der Waals surface area contributed by atoms with E-state index in [1.807, 2.05) is 31.2 Å². The van der Waals surface area contributed by atoms with Crippen molar-refractivity contribution in [3.8, 4) is 0 Å². The predicted octanol–water partition coefficient (Wildman–Crippen LogP) is 2.97. The van der Waals surface area contributed by atoms with Crippen LogP contribution in [-0.4, -0.2) is 22.7 Å². The largest absolute Gasteiger partial charge is 0.394 e. The molecule has 3 heteroatoms. The smallest absolute Gasteiger partial charge is 0.0725 e. The van der Waals surface area contributed by atoms with E-state index in [-0.39, 0.29) is 12.6 Å². The van der Waals surface area contributed by atoms with Crippen molar-refractivity contribution < 1.29 is 5.11 Å². The van der Waals surface area contributed by atoms with Gasteiger partial charge in [-0.25, -0.2) is 0 Å². The third-order valence-electron chi connectivity index (χ3n) is 3.19. The van der Waals surface area contributed by atoms with E-state index >= 15 is 0 Å². The lowest BCUT2D eigenvalue weighted by atomic mass is 10.0. The van der Waals surface area contributed by atoms with Crippen molar-refractivity contribution >= 4 is 16.6 Å². The van der Waals surface area contributed by atoms with E-state index in [0.29, 0.717) is 5.92 Å². The molecule has 0 aliphatic rings. The number of aliphatic hydroxyl groups excluding tert-OH is 1. The Morgan fingerprint density at radius 1 is 1.28 bits per heavy atom. The summed E-state index contributed by atoms with van der Waals surface area (Å²) in [6.45, 7) is 6.32. The van der Waals surface area contributed by atoms with Gasteiger partial charge in [0, 0.05) is 16.8 Å². The second kappa shape index (κ2) is 5.36. The van der Waals surface area contributed by atoms with Crippen molar-refractivity contribution in [2.24, 2.45) is 5.92 Å². The quantitative estimate of drug-likeness (QED) is 0.869. The maximum atomic E-state index is 9.42. The Balaban J connectivity index is 2.43. The lowest BCUT2D eigenvalue weighted by molar-refractivity contribution is 0.249. The fraction of sp³-hybridized carbons (Fsp3) is 0.400. The van der Waals surface area contributed by atoms with Crippen LogP contribution in [0.25, 0.3) is 10.9 Å². The maximum Gasteiger partial charge on any atom is 0.0725 e. The lowest BCUT2D eigenvalue weighted by Gasteiger charge is -2.22. The third kappa shape index (κ3) is 2.62. The molecule has 0 fully saturated rings. The monoisotopic (exact) mass is 244 g/mol. The second-order valence-electron chi connectivity index (χ2n) is 5.01. The molecule has 0 amide bonds. The minimum absolute atomic E-state index is 0.0650. The first kappa shape index (κ1) is 12.8. The lowest BCUT2D eigenvalue weighted by Crippen LogP contribution is -2.29. The molecule has 0 aliphatic heterocycles. The molecule has 3 nitrogen and oxygen atoms in total. The summed E-state index contributed by atoms with van der Waals surface area (Å²) in [6.07, 6.45) is 0. The zero-order valence-electron chi connectivity index (χ0n) is 11.1. The van der Waals surface area contributed by atoms with Crippen LogP contribution in [0.1, 0.15) is 19.5 Å². The number of nitrogens with one attached hydrogen (secondary N) is 1. The number of nitrogens with zero attached hydrogens (tertiary/aromatic N) is 1. The second-order valence-corrected chi connectivity index (χ2v) is 5.01. The topological polar surface area (TPSA) is 45.1 Å². The fourth-order valence-electron chi connectivity index (χ4n) is 2.05. The zero-order valence-corrected chi connectivity index (χ0v) is 11.1. The van der Waals surface area contributed by atoms with E-state index in [2.05, 4.69) is 30.2 Å². The number of hydrogen-bond donors (Lipinski definition) is 2. The number of pyridine rings is 1. The van der Waals surface area contributed by atoms with Gasteiger partial charge in [0.05, 0.1) is 18.2 Å². The number of anilines is 1. The normalized spacial score (nSPS) is 12.9. The number of benzene rings is 1. The SMILES string of the molecule is Cc1cc(NC(CO)C(C)C)c2ccccc2n1. The molecule has 1 unspecified atom stereocenters. The van der Waals surface area contributed by atoms with Crippen LogP contribution in [0.15, 0.2) is 30.3 Å². The van der Waals surface area contributed by atoms with Gasteiger partial charge in [-0.05, 0) is 25.0 Å². The van der Waals surface area contributed by atoms with Gasteiger partial charge >= 0.3 is 0 Å². The van der Waals surface area contributed by atoms with Gasteiger partial charge in [0.2, 0.25) is 0 Å². The predicted molar refractivity (Wildman–Crippen MR) is 75.8 cm³/mol. The van der Waals surface area contributed by atoms with Gasteiger partial charge < -0.3 is 10.4 Å². The summed E-state index contributed by atoms with van der Waals surface area (Å²) in [5, 5.41) is 13.9. The summed E-state index contributed by atoms with van der Waals surface area (Å²) in [7, 11) is 0. The van der Waals surface area contributed by atoms with E-state index in [0.717, 1.165) is 22.3 Å². The van der Waals surface area contributed by atoms with Crippen LogP contribution in [0, 0.1) is 12.8 Å².